The molecule has 1 aromatic heterocycles. The summed E-state index contributed by atoms with van der Waals surface area (Å²) in [5, 5.41) is 15.0. The summed E-state index contributed by atoms with van der Waals surface area (Å²) < 4.78 is 6.40. The minimum atomic E-state index is -0.418. The Morgan fingerprint density at radius 1 is 1.47 bits per heavy atom. The molecule has 1 saturated carbocycles. The van der Waals surface area contributed by atoms with Gasteiger partial charge in [-0.1, -0.05) is 0 Å². The first-order valence-corrected chi connectivity index (χ1v) is 6.31. The quantitative estimate of drug-likeness (QED) is 0.475. The van der Waals surface area contributed by atoms with Gasteiger partial charge in [-0.05, 0) is 32.6 Å². The number of hydrogen-bond donors (Lipinski definition) is 0. The Morgan fingerprint density at radius 3 is 2.58 bits per heavy atom. The number of carbonyl (C=O) groups is 1. The molecule has 0 radical (unpaired) electrons. The van der Waals surface area contributed by atoms with Gasteiger partial charge in [0.05, 0.1) is 24.0 Å². The average Bonchev–Trinajstić information content (AvgIpc) is 2.80. The van der Waals surface area contributed by atoms with Crippen LogP contribution in [0.1, 0.15) is 37.4 Å². The number of methoxy groups -OCH3 is 1. The maximum absolute atomic E-state index is 11.4. The Kier molecular flexibility index (Phi) is 3.82. The van der Waals surface area contributed by atoms with Crippen molar-refractivity contribution >= 4 is 11.7 Å². The first-order chi connectivity index (χ1) is 9.02. The average molecular weight is 267 g/mol. The fourth-order valence-electron chi connectivity index (χ4n) is 2.58. The largest absolute Gasteiger partial charge is 0.469 e. The molecule has 0 bridgehead atoms. The van der Waals surface area contributed by atoms with E-state index in [9.17, 15) is 14.9 Å². The SMILES string of the molecule is COC(=O)C1CCC(n2cc([N+](=O)[O-])c(C)n2)CC1. The van der Waals surface area contributed by atoms with E-state index in [1.807, 2.05) is 0 Å². The predicted octanol–water partition coefficient (Wildman–Crippen LogP) is 2.00. The van der Waals surface area contributed by atoms with Crippen LogP contribution >= 0.6 is 0 Å². The highest BCUT2D eigenvalue weighted by atomic mass is 16.6. The standard InChI is InChI=1S/C12H17N3O4/c1-8-11(15(17)18)7-14(13-8)10-5-3-9(4-6-10)12(16)19-2/h7,9-10H,3-6H2,1-2H3. The topological polar surface area (TPSA) is 87.3 Å². The molecule has 0 saturated heterocycles. The van der Waals surface area contributed by atoms with Gasteiger partial charge in [0, 0.05) is 0 Å². The van der Waals surface area contributed by atoms with Gasteiger partial charge in [-0.2, -0.15) is 5.10 Å². The molecule has 0 spiro atoms. The molecule has 2 rings (SSSR count). The summed E-state index contributed by atoms with van der Waals surface area (Å²) in [6.45, 7) is 1.63. The Balaban J connectivity index is 2.04. The summed E-state index contributed by atoms with van der Waals surface area (Å²) in [5.74, 6) is -0.214. The lowest BCUT2D eigenvalue weighted by atomic mass is 9.86. The highest BCUT2D eigenvalue weighted by Gasteiger charge is 2.29. The number of ether oxygens (including phenoxy) is 1. The molecule has 0 aromatic carbocycles. The van der Waals surface area contributed by atoms with Gasteiger partial charge in [0.25, 0.3) is 0 Å². The first-order valence-electron chi connectivity index (χ1n) is 6.31. The van der Waals surface area contributed by atoms with Crippen molar-refractivity contribution in [3.63, 3.8) is 0 Å². The van der Waals surface area contributed by atoms with Crippen LogP contribution in [-0.2, 0) is 9.53 Å². The van der Waals surface area contributed by atoms with Crippen LogP contribution in [0.2, 0.25) is 0 Å². The fraction of sp³-hybridized carbons (Fsp3) is 0.667. The van der Waals surface area contributed by atoms with Crippen LogP contribution in [0.25, 0.3) is 0 Å². The van der Waals surface area contributed by atoms with Crippen molar-refractivity contribution in [1.29, 1.82) is 0 Å². The van der Waals surface area contributed by atoms with Crippen LogP contribution in [0.3, 0.4) is 0 Å². The smallest absolute Gasteiger partial charge is 0.309 e. The molecule has 1 aromatic rings. The lowest BCUT2D eigenvalue weighted by molar-refractivity contribution is -0.385. The van der Waals surface area contributed by atoms with E-state index in [1.54, 1.807) is 11.6 Å². The maximum Gasteiger partial charge on any atom is 0.309 e. The lowest BCUT2D eigenvalue weighted by Gasteiger charge is -2.26. The number of nitro groups is 1. The first kappa shape index (κ1) is 13.5. The van der Waals surface area contributed by atoms with Crippen LogP contribution in [0, 0.1) is 23.0 Å². The normalized spacial score (nSPS) is 23.1. The number of carbonyl (C=O) groups excluding carboxylic acids is 1. The number of aromatic nitrogens is 2. The Morgan fingerprint density at radius 2 is 2.11 bits per heavy atom. The predicted molar refractivity (Wildman–Crippen MR) is 66.6 cm³/mol. The van der Waals surface area contributed by atoms with E-state index in [-0.39, 0.29) is 23.6 Å². The summed E-state index contributed by atoms with van der Waals surface area (Å²) in [4.78, 5) is 21.8. The second-order valence-corrected chi connectivity index (χ2v) is 4.87. The van der Waals surface area contributed by atoms with Gasteiger partial charge in [0.15, 0.2) is 0 Å². The highest BCUT2D eigenvalue weighted by Crippen LogP contribution is 2.33. The molecule has 0 unspecified atom stereocenters. The third-order valence-corrected chi connectivity index (χ3v) is 3.69. The van der Waals surface area contributed by atoms with Crippen LogP contribution < -0.4 is 0 Å². The molecule has 0 N–H and O–H groups in total. The van der Waals surface area contributed by atoms with Gasteiger partial charge in [-0.15, -0.1) is 0 Å². The van der Waals surface area contributed by atoms with Gasteiger partial charge in [0.1, 0.15) is 11.9 Å². The van der Waals surface area contributed by atoms with E-state index in [4.69, 9.17) is 4.74 Å². The third kappa shape index (κ3) is 2.74. The number of rotatable bonds is 3. The molecule has 1 aliphatic carbocycles. The van der Waals surface area contributed by atoms with Crippen LogP contribution in [0.5, 0.6) is 0 Å². The number of nitrogens with zero attached hydrogens (tertiary/aromatic N) is 3. The van der Waals surface area contributed by atoms with Crippen LogP contribution in [0.15, 0.2) is 6.20 Å². The van der Waals surface area contributed by atoms with Gasteiger partial charge in [0.2, 0.25) is 0 Å². The Labute approximate surface area is 110 Å². The van der Waals surface area contributed by atoms with E-state index >= 15 is 0 Å². The van der Waals surface area contributed by atoms with E-state index < -0.39 is 4.92 Å². The van der Waals surface area contributed by atoms with Gasteiger partial charge in [-0.25, -0.2) is 0 Å². The maximum atomic E-state index is 11.4. The zero-order chi connectivity index (χ0) is 14.0. The monoisotopic (exact) mass is 267 g/mol. The lowest BCUT2D eigenvalue weighted by Crippen LogP contribution is -2.24. The second-order valence-electron chi connectivity index (χ2n) is 4.87. The molecule has 19 heavy (non-hydrogen) atoms. The summed E-state index contributed by atoms with van der Waals surface area (Å²) in [5.41, 5.74) is 0.482. The van der Waals surface area contributed by atoms with Crippen molar-refractivity contribution in [2.75, 3.05) is 7.11 Å². The van der Waals surface area contributed by atoms with Crippen LogP contribution in [0.4, 0.5) is 5.69 Å². The van der Waals surface area contributed by atoms with Crippen LogP contribution in [-0.4, -0.2) is 27.8 Å². The number of esters is 1. The summed E-state index contributed by atoms with van der Waals surface area (Å²) >= 11 is 0. The van der Waals surface area contributed by atoms with E-state index in [1.165, 1.54) is 13.3 Å². The third-order valence-electron chi connectivity index (χ3n) is 3.69. The molecule has 0 amide bonds. The van der Waals surface area contributed by atoms with Crippen molar-refractivity contribution in [1.82, 2.24) is 9.78 Å². The van der Waals surface area contributed by atoms with Crippen molar-refractivity contribution in [3.05, 3.63) is 22.0 Å². The fourth-order valence-corrected chi connectivity index (χ4v) is 2.58. The minimum absolute atomic E-state index is 0.0482. The van der Waals surface area contributed by atoms with Gasteiger partial charge < -0.3 is 4.74 Å². The molecular formula is C12H17N3O4. The molecule has 7 heteroatoms. The molecule has 0 aliphatic heterocycles. The molecule has 1 aliphatic rings. The summed E-state index contributed by atoms with van der Waals surface area (Å²) in [6, 6.07) is 0.133. The van der Waals surface area contributed by atoms with Crippen molar-refractivity contribution in [3.8, 4) is 0 Å². The highest BCUT2D eigenvalue weighted by molar-refractivity contribution is 5.72. The zero-order valence-corrected chi connectivity index (χ0v) is 11.0. The Hall–Kier alpha value is -1.92. The number of aryl methyl sites for hydroxylation is 1. The van der Waals surface area contributed by atoms with Crippen molar-refractivity contribution < 1.29 is 14.5 Å². The van der Waals surface area contributed by atoms with Gasteiger partial charge in [-0.3, -0.25) is 19.6 Å². The molecule has 1 heterocycles. The Bertz CT molecular complexity index is 489. The van der Waals surface area contributed by atoms with E-state index in [2.05, 4.69) is 5.10 Å². The minimum Gasteiger partial charge on any atom is -0.469 e. The van der Waals surface area contributed by atoms with E-state index in [0.29, 0.717) is 5.69 Å². The second kappa shape index (κ2) is 5.38. The van der Waals surface area contributed by atoms with Crippen molar-refractivity contribution in [2.45, 2.75) is 38.6 Å². The molecule has 1 fully saturated rings. The zero-order valence-electron chi connectivity index (χ0n) is 11.0. The molecular weight excluding hydrogens is 250 g/mol. The van der Waals surface area contributed by atoms with Gasteiger partial charge >= 0.3 is 11.7 Å². The van der Waals surface area contributed by atoms with Crippen molar-refractivity contribution in [2.24, 2.45) is 5.92 Å². The van der Waals surface area contributed by atoms with E-state index in [0.717, 1.165) is 25.7 Å². The summed E-state index contributed by atoms with van der Waals surface area (Å²) in [7, 11) is 1.40. The molecule has 0 atom stereocenters. The molecule has 7 nitrogen and oxygen atoms in total. The molecule has 104 valence electrons. The number of hydrogen-bond acceptors (Lipinski definition) is 5. The summed E-state index contributed by atoms with van der Waals surface area (Å²) in [6.07, 6.45) is 4.54.